The molecule has 1 heterocycles. The molecule has 0 atom stereocenters. The highest BCUT2D eigenvalue weighted by Crippen LogP contribution is 2.30. The molecule has 0 amide bonds. The molecule has 0 saturated carbocycles. The molecule has 0 bridgehead atoms. The molecule has 0 unspecified atom stereocenters. The molecule has 2 nitrogen and oxygen atoms in total. The summed E-state index contributed by atoms with van der Waals surface area (Å²) in [4.78, 5) is 14.6. The molecule has 1 aromatic carbocycles. The number of thiazole rings is 1. The normalized spacial score (nSPS) is 10.1. The maximum atomic E-state index is 10.5. The first kappa shape index (κ1) is 9.37. The van der Waals surface area contributed by atoms with Crippen LogP contribution in [0.15, 0.2) is 30.3 Å². The van der Waals surface area contributed by atoms with Crippen molar-refractivity contribution in [2.75, 3.05) is 0 Å². The average molecular weight is 224 g/mol. The van der Waals surface area contributed by atoms with Crippen LogP contribution in [0, 0.1) is 0 Å². The van der Waals surface area contributed by atoms with Crippen molar-refractivity contribution < 1.29 is 4.79 Å². The summed E-state index contributed by atoms with van der Waals surface area (Å²) in [6.07, 6.45) is 0.672. The minimum Gasteiger partial charge on any atom is -0.296 e. The summed E-state index contributed by atoms with van der Waals surface area (Å²) < 4.78 is 0.443. The van der Waals surface area contributed by atoms with Crippen LogP contribution < -0.4 is 0 Å². The van der Waals surface area contributed by atoms with E-state index < -0.39 is 0 Å². The van der Waals surface area contributed by atoms with Crippen molar-refractivity contribution in [1.29, 1.82) is 0 Å². The van der Waals surface area contributed by atoms with Crippen molar-refractivity contribution in [3.05, 3.63) is 40.4 Å². The minimum absolute atomic E-state index is 0.315. The van der Waals surface area contributed by atoms with Crippen molar-refractivity contribution in [2.45, 2.75) is 0 Å². The first-order valence-corrected chi connectivity index (χ1v) is 5.17. The van der Waals surface area contributed by atoms with Crippen molar-refractivity contribution >= 4 is 29.2 Å². The second-order valence-corrected chi connectivity index (χ2v) is 4.26. The first-order chi connectivity index (χ1) is 6.81. The Morgan fingerprint density at radius 2 is 2.00 bits per heavy atom. The number of aromatic nitrogens is 1. The summed E-state index contributed by atoms with van der Waals surface area (Å²) in [5.41, 5.74) is 1.29. The largest absolute Gasteiger partial charge is 0.296 e. The Bertz CT molecular complexity index is 452. The summed E-state index contributed by atoms with van der Waals surface area (Å²) in [6, 6.07) is 9.64. The summed E-state index contributed by atoms with van der Waals surface area (Å²) in [5, 5.41) is 0.776. The lowest BCUT2D eigenvalue weighted by Gasteiger charge is -1.92. The van der Waals surface area contributed by atoms with Gasteiger partial charge in [-0.3, -0.25) is 4.79 Å². The number of benzene rings is 1. The van der Waals surface area contributed by atoms with E-state index in [2.05, 4.69) is 4.98 Å². The molecule has 70 valence electrons. The van der Waals surface area contributed by atoms with Crippen LogP contribution in [0.5, 0.6) is 0 Å². The summed E-state index contributed by atoms with van der Waals surface area (Å²) in [5.74, 6) is 0. The van der Waals surface area contributed by atoms with Crippen LogP contribution in [0.2, 0.25) is 4.34 Å². The van der Waals surface area contributed by atoms with Crippen LogP contribution in [-0.2, 0) is 0 Å². The molecule has 4 heteroatoms. The van der Waals surface area contributed by atoms with Gasteiger partial charge in [0.15, 0.2) is 6.29 Å². The zero-order valence-corrected chi connectivity index (χ0v) is 8.68. The average Bonchev–Trinajstić information content (AvgIpc) is 2.61. The Labute approximate surface area is 90.2 Å². The van der Waals surface area contributed by atoms with Crippen LogP contribution in [0.3, 0.4) is 0 Å². The number of rotatable bonds is 2. The molecular weight excluding hydrogens is 218 g/mol. The lowest BCUT2D eigenvalue weighted by Crippen LogP contribution is -1.80. The Kier molecular flexibility index (Phi) is 2.61. The highest BCUT2D eigenvalue weighted by molar-refractivity contribution is 7.19. The summed E-state index contributed by atoms with van der Waals surface area (Å²) >= 11 is 7.13. The van der Waals surface area contributed by atoms with Gasteiger partial charge in [0.05, 0.1) is 0 Å². The van der Waals surface area contributed by atoms with E-state index in [1.807, 2.05) is 30.3 Å². The Morgan fingerprint density at radius 3 is 2.57 bits per heavy atom. The number of carbonyl (C=O) groups excluding carboxylic acids is 1. The number of hydrogen-bond acceptors (Lipinski definition) is 3. The molecule has 0 N–H and O–H groups in total. The molecule has 0 fully saturated rings. The number of halogens is 1. The summed E-state index contributed by atoms with van der Waals surface area (Å²) in [6.45, 7) is 0. The molecule has 0 radical (unpaired) electrons. The van der Waals surface area contributed by atoms with Gasteiger partial charge in [0.25, 0.3) is 0 Å². The van der Waals surface area contributed by atoms with Gasteiger partial charge in [0, 0.05) is 5.56 Å². The fraction of sp³-hybridized carbons (Fsp3) is 0. The highest BCUT2D eigenvalue weighted by atomic mass is 35.5. The van der Waals surface area contributed by atoms with E-state index in [0.717, 1.165) is 10.6 Å². The van der Waals surface area contributed by atoms with Crippen molar-refractivity contribution in [1.82, 2.24) is 4.98 Å². The second kappa shape index (κ2) is 3.90. The molecule has 2 aromatic rings. The Hall–Kier alpha value is -1.19. The summed E-state index contributed by atoms with van der Waals surface area (Å²) in [7, 11) is 0. The van der Waals surface area contributed by atoms with Crippen LogP contribution in [0.4, 0.5) is 0 Å². The van der Waals surface area contributed by atoms with Crippen LogP contribution in [0.25, 0.3) is 10.6 Å². The van der Waals surface area contributed by atoms with Crippen molar-refractivity contribution in [3.8, 4) is 10.6 Å². The highest BCUT2D eigenvalue weighted by Gasteiger charge is 2.09. The SMILES string of the molecule is O=Cc1nc(-c2ccccc2)sc1Cl. The van der Waals surface area contributed by atoms with Crippen LogP contribution >= 0.6 is 22.9 Å². The van der Waals surface area contributed by atoms with Gasteiger partial charge in [-0.05, 0) is 0 Å². The number of hydrogen-bond donors (Lipinski definition) is 0. The molecule has 14 heavy (non-hydrogen) atoms. The Morgan fingerprint density at radius 1 is 1.29 bits per heavy atom. The zero-order chi connectivity index (χ0) is 9.97. The molecule has 0 spiro atoms. The molecule has 0 aliphatic heterocycles. The van der Waals surface area contributed by atoms with Gasteiger partial charge in [0.2, 0.25) is 0 Å². The topological polar surface area (TPSA) is 30.0 Å². The lowest BCUT2D eigenvalue weighted by molar-refractivity contribution is 0.112. The Balaban J connectivity index is 2.48. The van der Waals surface area contributed by atoms with Gasteiger partial charge in [-0.2, -0.15) is 0 Å². The van der Waals surface area contributed by atoms with E-state index in [0.29, 0.717) is 16.3 Å². The maximum absolute atomic E-state index is 10.5. The van der Waals surface area contributed by atoms with Gasteiger partial charge in [-0.25, -0.2) is 4.98 Å². The van der Waals surface area contributed by atoms with Crippen molar-refractivity contribution in [2.24, 2.45) is 0 Å². The van der Waals surface area contributed by atoms with Gasteiger partial charge in [-0.15, -0.1) is 11.3 Å². The predicted molar refractivity (Wildman–Crippen MR) is 57.9 cm³/mol. The third-order valence-electron chi connectivity index (χ3n) is 1.74. The predicted octanol–water partition coefficient (Wildman–Crippen LogP) is 3.28. The molecule has 0 aliphatic rings. The maximum Gasteiger partial charge on any atom is 0.170 e. The minimum atomic E-state index is 0.315. The number of aldehydes is 1. The molecule has 0 aliphatic carbocycles. The monoisotopic (exact) mass is 223 g/mol. The molecule has 0 saturated heterocycles. The third kappa shape index (κ3) is 1.69. The van der Waals surface area contributed by atoms with E-state index in [1.54, 1.807) is 0 Å². The molecular formula is C10H6ClNOS. The van der Waals surface area contributed by atoms with Gasteiger partial charge in [0.1, 0.15) is 15.0 Å². The second-order valence-electron chi connectivity index (χ2n) is 2.66. The van der Waals surface area contributed by atoms with E-state index >= 15 is 0 Å². The lowest BCUT2D eigenvalue weighted by atomic mass is 10.2. The standard InChI is InChI=1S/C10H6ClNOS/c11-9-8(6-13)12-10(14-9)7-4-2-1-3-5-7/h1-6H. The van der Waals surface area contributed by atoms with E-state index in [4.69, 9.17) is 11.6 Å². The fourth-order valence-electron chi connectivity index (χ4n) is 1.09. The fourth-order valence-corrected chi connectivity index (χ4v) is 2.16. The first-order valence-electron chi connectivity index (χ1n) is 3.98. The molecule has 2 rings (SSSR count). The van der Waals surface area contributed by atoms with Crippen molar-refractivity contribution in [3.63, 3.8) is 0 Å². The van der Waals surface area contributed by atoms with Gasteiger partial charge in [-0.1, -0.05) is 41.9 Å². The van der Waals surface area contributed by atoms with Crippen LogP contribution in [-0.4, -0.2) is 11.3 Å². The van der Waals surface area contributed by atoms with E-state index in [9.17, 15) is 4.79 Å². The van der Waals surface area contributed by atoms with E-state index in [-0.39, 0.29) is 0 Å². The quantitative estimate of drug-likeness (QED) is 0.732. The van der Waals surface area contributed by atoms with Crippen LogP contribution in [0.1, 0.15) is 10.5 Å². The smallest absolute Gasteiger partial charge is 0.170 e. The third-order valence-corrected chi connectivity index (χ3v) is 3.08. The van der Waals surface area contributed by atoms with Gasteiger partial charge < -0.3 is 0 Å². The molecule has 1 aromatic heterocycles. The number of carbonyl (C=O) groups is 1. The van der Waals surface area contributed by atoms with E-state index in [1.165, 1.54) is 11.3 Å². The number of nitrogens with zero attached hydrogens (tertiary/aromatic N) is 1. The zero-order valence-electron chi connectivity index (χ0n) is 7.11. The van der Waals surface area contributed by atoms with Gasteiger partial charge >= 0.3 is 0 Å².